The van der Waals surface area contributed by atoms with E-state index in [0.717, 1.165) is 37.1 Å². The summed E-state index contributed by atoms with van der Waals surface area (Å²) in [5, 5.41) is 8.03. The number of hydrogen-bond donors (Lipinski definition) is 0. The molecular formula is C17H25N3O. The number of allylic oxidation sites excluding steroid dienone is 1. The second-order valence-corrected chi connectivity index (χ2v) is 5.60. The summed E-state index contributed by atoms with van der Waals surface area (Å²) in [6.45, 7) is 11.2. The molecule has 0 aliphatic carbocycles. The van der Waals surface area contributed by atoms with Gasteiger partial charge in [-0.2, -0.15) is 0 Å². The molecule has 2 aromatic heterocycles. The molecule has 21 heavy (non-hydrogen) atoms. The maximum absolute atomic E-state index is 6.18. The van der Waals surface area contributed by atoms with Crippen LogP contribution in [0.4, 0.5) is 0 Å². The fourth-order valence-electron chi connectivity index (χ4n) is 2.63. The molecule has 0 fully saturated rings. The summed E-state index contributed by atoms with van der Waals surface area (Å²) in [4.78, 5) is 0. The molecule has 0 spiro atoms. The Kier molecular flexibility index (Phi) is 4.99. The Hall–Kier alpha value is -1.84. The van der Waals surface area contributed by atoms with Crippen LogP contribution in [-0.4, -0.2) is 21.2 Å². The lowest BCUT2D eigenvalue weighted by atomic mass is 9.80. The van der Waals surface area contributed by atoms with Gasteiger partial charge in [-0.15, -0.1) is 16.8 Å². The van der Waals surface area contributed by atoms with Crippen molar-refractivity contribution in [2.75, 3.05) is 6.61 Å². The zero-order chi connectivity index (χ0) is 15.3. The number of hydrogen-bond acceptors (Lipinski definition) is 3. The Morgan fingerprint density at radius 3 is 2.71 bits per heavy atom. The number of nitrogens with zero attached hydrogens (tertiary/aromatic N) is 3. The molecule has 0 unspecified atom stereocenters. The minimum Gasteiger partial charge on any atom is -0.493 e. The second kappa shape index (κ2) is 6.74. The van der Waals surface area contributed by atoms with E-state index in [0.29, 0.717) is 6.61 Å². The van der Waals surface area contributed by atoms with E-state index in [1.54, 1.807) is 6.33 Å². The number of ether oxygens (including phenoxy) is 1. The quantitative estimate of drug-likeness (QED) is 0.687. The first kappa shape index (κ1) is 15.5. The number of rotatable bonds is 8. The lowest BCUT2D eigenvalue weighted by molar-refractivity contribution is 0.134. The Balaban J connectivity index is 2.23. The van der Waals surface area contributed by atoms with Crippen molar-refractivity contribution in [1.29, 1.82) is 0 Å². The van der Waals surface area contributed by atoms with Crippen molar-refractivity contribution >= 4 is 5.65 Å². The second-order valence-electron chi connectivity index (χ2n) is 5.60. The normalized spacial score (nSPS) is 11.8. The van der Waals surface area contributed by atoms with Crippen molar-refractivity contribution in [2.45, 2.75) is 46.5 Å². The number of pyridine rings is 1. The van der Waals surface area contributed by atoms with E-state index >= 15 is 0 Å². The summed E-state index contributed by atoms with van der Waals surface area (Å²) in [6, 6.07) is 1.98. The molecule has 2 aromatic rings. The molecule has 2 rings (SSSR count). The molecule has 0 saturated heterocycles. The minimum absolute atomic E-state index is 0.173. The monoisotopic (exact) mass is 287 g/mol. The lowest BCUT2D eigenvalue weighted by Crippen LogP contribution is -2.27. The van der Waals surface area contributed by atoms with Gasteiger partial charge in [-0.05, 0) is 25.7 Å². The molecule has 0 aliphatic rings. The van der Waals surface area contributed by atoms with E-state index < -0.39 is 0 Å². The highest BCUT2D eigenvalue weighted by Crippen LogP contribution is 2.33. The van der Waals surface area contributed by atoms with Gasteiger partial charge in [0.15, 0.2) is 5.65 Å². The summed E-state index contributed by atoms with van der Waals surface area (Å²) >= 11 is 0. The zero-order valence-corrected chi connectivity index (χ0v) is 13.3. The fraction of sp³-hybridized carbons (Fsp3) is 0.529. The maximum atomic E-state index is 6.18. The van der Waals surface area contributed by atoms with Crippen LogP contribution in [0.15, 0.2) is 31.2 Å². The van der Waals surface area contributed by atoms with Gasteiger partial charge >= 0.3 is 0 Å². The molecule has 0 saturated carbocycles. The van der Waals surface area contributed by atoms with E-state index in [1.807, 2.05) is 16.5 Å². The first-order valence-electron chi connectivity index (χ1n) is 7.74. The van der Waals surface area contributed by atoms with Crippen LogP contribution in [0.5, 0.6) is 5.75 Å². The van der Waals surface area contributed by atoms with Gasteiger partial charge in [-0.3, -0.25) is 4.40 Å². The third-order valence-corrected chi connectivity index (χ3v) is 4.46. The highest BCUT2D eigenvalue weighted by atomic mass is 16.5. The van der Waals surface area contributed by atoms with Crippen LogP contribution in [0.3, 0.4) is 0 Å². The van der Waals surface area contributed by atoms with Crippen molar-refractivity contribution in [3.63, 3.8) is 0 Å². The largest absolute Gasteiger partial charge is 0.493 e. The van der Waals surface area contributed by atoms with Crippen molar-refractivity contribution in [2.24, 2.45) is 5.41 Å². The predicted octanol–water partition coefficient (Wildman–Crippen LogP) is 4.05. The molecule has 0 aliphatic heterocycles. The molecule has 0 amide bonds. The molecule has 0 atom stereocenters. The Bertz CT molecular complexity index is 599. The molecule has 114 valence electrons. The van der Waals surface area contributed by atoms with Crippen molar-refractivity contribution in [3.05, 3.63) is 36.8 Å². The van der Waals surface area contributed by atoms with Crippen LogP contribution in [0.25, 0.3) is 5.65 Å². The fourth-order valence-corrected chi connectivity index (χ4v) is 2.63. The predicted molar refractivity (Wildman–Crippen MR) is 85.7 cm³/mol. The maximum Gasteiger partial charge on any atom is 0.164 e. The van der Waals surface area contributed by atoms with Crippen molar-refractivity contribution in [3.8, 4) is 5.75 Å². The average Bonchev–Trinajstić information content (AvgIpc) is 2.97. The van der Waals surface area contributed by atoms with Gasteiger partial charge in [0, 0.05) is 23.2 Å². The van der Waals surface area contributed by atoms with Crippen molar-refractivity contribution in [1.82, 2.24) is 14.6 Å². The Morgan fingerprint density at radius 1 is 1.33 bits per heavy atom. The van der Waals surface area contributed by atoms with Crippen LogP contribution in [0, 0.1) is 5.41 Å². The first-order valence-corrected chi connectivity index (χ1v) is 7.74. The number of aromatic nitrogens is 3. The highest BCUT2D eigenvalue weighted by Gasteiger charge is 2.26. The summed E-state index contributed by atoms with van der Waals surface area (Å²) in [5.41, 5.74) is 2.18. The van der Waals surface area contributed by atoms with E-state index in [-0.39, 0.29) is 5.41 Å². The molecular weight excluding hydrogens is 262 g/mol. The van der Waals surface area contributed by atoms with Crippen LogP contribution < -0.4 is 4.74 Å². The molecule has 4 heteroatoms. The Labute approximate surface area is 126 Å². The van der Waals surface area contributed by atoms with Gasteiger partial charge in [0.1, 0.15) is 12.1 Å². The van der Waals surface area contributed by atoms with Crippen LogP contribution >= 0.6 is 0 Å². The summed E-state index contributed by atoms with van der Waals surface area (Å²) < 4.78 is 8.11. The van der Waals surface area contributed by atoms with Crippen LogP contribution in [0.1, 0.15) is 45.6 Å². The molecule has 0 bridgehead atoms. The van der Waals surface area contributed by atoms with Crippen LogP contribution in [0.2, 0.25) is 0 Å². The smallest absolute Gasteiger partial charge is 0.164 e. The van der Waals surface area contributed by atoms with E-state index in [1.165, 1.54) is 5.56 Å². The first-order chi connectivity index (χ1) is 10.2. The summed E-state index contributed by atoms with van der Waals surface area (Å²) in [7, 11) is 0. The summed E-state index contributed by atoms with van der Waals surface area (Å²) in [6.07, 6.45) is 9.86. The lowest BCUT2D eigenvalue weighted by Gasteiger charge is -2.30. The van der Waals surface area contributed by atoms with Gasteiger partial charge in [0.25, 0.3) is 0 Å². The van der Waals surface area contributed by atoms with Gasteiger partial charge in [-0.1, -0.05) is 26.8 Å². The van der Waals surface area contributed by atoms with Gasteiger partial charge in [-0.25, -0.2) is 0 Å². The third kappa shape index (κ3) is 3.26. The summed E-state index contributed by atoms with van der Waals surface area (Å²) in [5.74, 6) is 0.924. The van der Waals surface area contributed by atoms with E-state index in [9.17, 15) is 0 Å². The van der Waals surface area contributed by atoms with Gasteiger partial charge in [0.05, 0.1) is 6.61 Å². The third-order valence-electron chi connectivity index (χ3n) is 4.46. The minimum atomic E-state index is 0.173. The molecule has 4 nitrogen and oxygen atoms in total. The molecule has 0 aromatic carbocycles. The van der Waals surface area contributed by atoms with E-state index in [2.05, 4.69) is 43.7 Å². The average molecular weight is 287 g/mol. The van der Waals surface area contributed by atoms with Gasteiger partial charge in [0.2, 0.25) is 0 Å². The number of fused-ring (bicyclic) bond motifs is 1. The number of aryl methyl sites for hydroxylation is 1. The molecule has 2 heterocycles. The highest BCUT2D eigenvalue weighted by molar-refractivity contribution is 5.47. The van der Waals surface area contributed by atoms with Crippen LogP contribution in [-0.2, 0) is 6.42 Å². The van der Waals surface area contributed by atoms with E-state index in [4.69, 9.17) is 4.74 Å². The zero-order valence-electron chi connectivity index (χ0n) is 13.3. The molecule has 0 N–H and O–H groups in total. The standard InChI is InChI=1S/C17H25N3O/c1-5-9-17(7-3,8-4)12-21-15-10-16-19-18-13-20(16)11-14(15)6-2/h5,10-11,13H,1,6-9,12H2,2-4H3. The SMILES string of the molecule is C=CCC(CC)(CC)COc1cc2nncn2cc1CC. The van der Waals surface area contributed by atoms with Crippen molar-refractivity contribution < 1.29 is 4.74 Å². The van der Waals surface area contributed by atoms with Gasteiger partial charge < -0.3 is 4.74 Å². The Morgan fingerprint density at radius 2 is 2.10 bits per heavy atom. The molecule has 0 radical (unpaired) electrons. The topological polar surface area (TPSA) is 39.4 Å².